The van der Waals surface area contributed by atoms with Crippen molar-refractivity contribution in [2.24, 2.45) is 0 Å². The monoisotopic (exact) mass is 583 g/mol. The number of nitrogens with zero attached hydrogens (tertiary/aromatic N) is 2. The average Bonchev–Trinajstić information content (AvgIpc) is 2.98. The van der Waals surface area contributed by atoms with E-state index in [0.717, 1.165) is 28.4 Å². The number of nitrogens with one attached hydrogen (secondary N) is 1. The molecule has 2 unspecified atom stereocenters. The number of ether oxygens (including phenoxy) is 1. The van der Waals surface area contributed by atoms with Crippen molar-refractivity contribution in [3.63, 3.8) is 0 Å². The third kappa shape index (κ3) is 8.29. The van der Waals surface area contributed by atoms with Gasteiger partial charge in [-0.15, -0.1) is 0 Å². The van der Waals surface area contributed by atoms with Crippen molar-refractivity contribution in [3.05, 3.63) is 90.2 Å². The van der Waals surface area contributed by atoms with Crippen molar-refractivity contribution >= 4 is 27.5 Å². The molecule has 0 saturated heterocycles. The number of methoxy groups -OCH3 is 1. The van der Waals surface area contributed by atoms with Crippen LogP contribution in [0.3, 0.4) is 0 Å². The van der Waals surface area contributed by atoms with Crippen LogP contribution in [0.1, 0.15) is 39.2 Å². The Kier molecular flexibility index (Phi) is 11.3. The van der Waals surface area contributed by atoms with Gasteiger partial charge in [-0.1, -0.05) is 44.2 Å². The quantitative estimate of drug-likeness (QED) is 0.294. The third-order valence-corrected chi connectivity index (χ3v) is 8.70. The van der Waals surface area contributed by atoms with E-state index in [-0.39, 0.29) is 29.1 Å². The van der Waals surface area contributed by atoms with Gasteiger partial charge in [0.2, 0.25) is 11.8 Å². The van der Waals surface area contributed by atoms with Crippen molar-refractivity contribution in [1.82, 2.24) is 10.2 Å². The summed E-state index contributed by atoms with van der Waals surface area (Å²) < 4.78 is 47.6. The van der Waals surface area contributed by atoms with E-state index < -0.39 is 34.3 Å². The van der Waals surface area contributed by atoms with Crippen LogP contribution in [0.4, 0.5) is 10.1 Å². The van der Waals surface area contributed by atoms with E-state index in [1.54, 1.807) is 0 Å². The molecule has 2 atom stereocenters. The van der Waals surface area contributed by atoms with Crippen LogP contribution in [-0.2, 0) is 26.0 Å². The van der Waals surface area contributed by atoms with Gasteiger partial charge in [0.05, 0.1) is 17.7 Å². The largest absolute Gasteiger partial charge is 0.497 e. The first-order chi connectivity index (χ1) is 19.6. The Hall–Kier alpha value is -3.92. The molecule has 10 heteroatoms. The molecule has 0 aliphatic carbocycles. The van der Waals surface area contributed by atoms with Crippen molar-refractivity contribution in [1.29, 1.82) is 0 Å². The summed E-state index contributed by atoms with van der Waals surface area (Å²) in [6.45, 7) is 5.28. The molecule has 3 rings (SSSR count). The fraction of sp³-hybridized carbons (Fsp3) is 0.355. The van der Waals surface area contributed by atoms with E-state index in [9.17, 15) is 22.4 Å². The topological polar surface area (TPSA) is 96.0 Å². The molecule has 2 amide bonds. The molecule has 0 aliphatic heterocycles. The van der Waals surface area contributed by atoms with Crippen molar-refractivity contribution in [2.75, 3.05) is 24.5 Å². The van der Waals surface area contributed by atoms with Crippen LogP contribution in [0.15, 0.2) is 83.8 Å². The molecule has 3 aromatic carbocycles. The third-order valence-electron chi connectivity index (χ3n) is 6.91. The molecule has 1 N–H and O–H groups in total. The summed E-state index contributed by atoms with van der Waals surface area (Å²) in [6, 6.07) is 19.3. The minimum Gasteiger partial charge on any atom is -0.497 e. The van der Waals surface area contributed by atoms with Crippen molar-refractivity contribution < 1.29 is 27.1 Å². The minimum absolute atomic E-state index is 0.0622. The van der Waals surface area contributed by atoms with E-state index in [4.69, 9.17) is 4.74 Å². The van der Waals surface area contributed by atoms with Crippen LogP contribution in [0.5, 0.6) is 5.75 Å². The zero-order chi connectivity index (χ0) is 30.0. The first-order valence-corrected chi connectivity index (χ1v) is 15.1. The Labute approximate surface area is 242 Å². The van der Waals surface area contributed by atoms with Crippen molar-refractivity contribution in [2.45, 2.75) is 57.0 Å². The fourth-order valence-corrected chi connectivity index (χ4v) is 5.76. The molecule has 0 saturated carbocycles. The van der Waals surface area contributed by atoms with Gasteiger partial charge in [-0.2, -0.15) is 0 Å². The van der Waals surface area contributed by atoms with Crippen LogP contribution >= 0.6 is 0 Å². The molecule has 0 radical (unpaired) electrons. The number of rotatable bonds is 14. The van der Waals surface area contributed by atoms with Crippen LogP contribution in [0.2, 0.25) is 0 Å². The molecule has 8 nitrogen and oxygen atoms in total. The number of carbonyl (C=O) groups is 2. The highest BCUT2D eigenvalue weighted by Crippen LogP contribution is 2.26. The first kappa shape index (κ1) is 31.6. The molecular weight excluding hydrogens is 545 g/mol. The highest BCUT2D eigenvalue weighted by molar-refractivity contribution is 7.92. The number of amides is 2. The maximum atomic E-state index is 14.0. The summed E-state index contributed by atoms with van der Waals surface area (Å²) in [5.74, 6) is -0.916. The summed E-state index contributed by atoms with van der Waals surface area (Å²) in [5.41, 5.74) is 1.10. The molecule has 0 aliphatic rings. The lowest BCUT2D eigenvalue weighted by atomic mass is 10.1. The van der Waals surface area contributed by atoms with Crippen molar-refractivity contribution in [3.8, 4) is 5.75 Å². The molecular formula is C31H38FN3O5S. The normalized spacial score (nSPS) is 12.7. The average molecular weight is 584 g/mol. The Balaban J connectivity index is 2.00. The maximum absolute atomic E-state index is 14.0. The highest BCUT2D eigenvalue weighted by atomic mass is 32.2. The number of hydrogen-bond donors (Lipinski definition) is 1. The molecule has 0 aromatic heterocycles. The zero-order valence-electron chi connectivity index (χ0n) is 23.9. The van der Waals surface area contributed by atoms with Gasteiger partial charge in [-0.25, -0.2) is 12.8 Å². The molecule has 3 aromatic rings. The lowest BCUT2D eigenvalue weighted by molar-refractivity contribution is -0.139. The number of carbonyl (C=O) groups excluding carboxylic acids is 2. The lowest BCUT2D eigenvalue weighted by Crippen LogP contribution is -2.54. The summed E-state index contributed by atoms with van der Waals surface area (Å²) in [4.78, 5) is 28.7. The zero-order valence-corrected chi connectivity index (χ0v) is 24.7. The predicted molar refractivity (Wildman–Crippen MR) is 158 cm³/mol. The number of anilines is 1. The van der Waals surface area contributed by atoms with Gasteiger partial charge in [0, 0.05) is 12.6 Å². The summed E-state index contributed by atoms with van der Waals surface area (Å²) in [7, 11) is -2.79. The van der Waals surface area contributed by atoms with Gasteiger partial charge in [0.1, 0.15) is 24.2 Å². The van der Waals surface area contributed by atoms with Crippen LogP contribution in [-0.4, -0.2) is 57.4 Å². The Morgan fingerprint density at radius 3 is 2.12 bits per heavy atom. The van der Waals surface area contributed by atoms with Gasteiger partial charge in [0.15, 0.2) is 0 Å². The second-order valence-corrected chi connectivity index (χ2v) is 11.6. The molecule has 0 heterocycles. The minimum atomic E-state index is -4.26. The Bertz CT molecular complexity index is 1380. The number of sulfonamides is 1. The summed E-state index contributed by atoms with van der Waals surface area (Å²) in [5, 5.41) is 2.95. The van der Waals surface area contributed by atoms with Gasteiger partial charge >= 0.3 is 0 Å². The lowest BCUT2D eigenvalue weighted by Gasteiger charge is -2.33. The smallest absolute Gasteiger partial charge is 0.264 e. The van der Waals surface area contributed by atoms with E-state index in [1.165, 1.54) is 48.4 Å². The first-order valence-electron chi connectivity index (χ1n) is 13.7. The van der Waals surface area contributed by atoms with Gasteiger partial charge in [-0.05, 0) is 80.3 Å². The predicted octanol–water partition coefficient (Wildman–Crippen LogP) is 4.79. The highest BCUT2D eigenvalue weighted by Gasteiger charge is 2.33. The SMILES string of the molecule is CCC(C)NC(=O)C(CC)N(CCc1ccccc1)C(=O)CN(c1ccc(F)cc1)S(=O)(=O)c1ccc(OC)cc1. The van der Waals surface area contributed by atoms with E-state index >= 15 is 0 Å². The van der Waals surface area contributed by atoms with Gasteiger partial charge < -0.3 is 15.0 Å². The van der Waals surface area contributed by atoms with Gasteiger partial charge in [-0.3, -0.25) is 13.9 Å². The molecule has 220 valence electrons. The Morgan fingerprint density at radius 2 is 1.56 bits per heavy atom. The molecule has 0 bridgehead atoms. The molecule has 0 fully saturated rings. The number of hydrogen-bond acceptors (Lipinski definition) is 5. The summed E-state index contributed by atoms with van der Waals surface area (Å²) in [6.07, 6.45) is 1.53. The molecule has 41 heavy (non-hydrogen) atoms. The van der Waals surface area contributed by atoms with E-state index in [1.807, 2.05) is 51.1 Å². The maximum Gasteiger partial charge on any atom is 0.264 e. The fourth-order valence-electron chi connectivity index (χ4n) is 4.35. The number of benzene rings is 3. The Morgan fingerprint density at radius 1 is 0.927 bits per heavy atom. The van der Waals surface area contributed by atoms with Crippen LogP contribution in [0, 0.1) is 5.82 Å². The standard InChI is InChI=1S/C31H38FN3O5S/c1-5-23(3)33-31(37)29(6-2)34(21-20-24-10-8-7-9-11-24)30(36)22-35(26-14-12-25(32)13-15-26)41(38,39)28-18-16-27(40-4)17-19-28/h7-19,23,29H,5-6,20-22H2,1-4H3,(H,33,37). The number of halogens is 1. The second-order valence-electron chi connectivity index (χ2n) is 9.73. The molecule has 0 spiro atoms. The second kappa shape index (κ2) is 14.6. The van der Waals surface area contributed by atoms with E-state index in [2.05, 4.69) is 5.32 Å². The van der Waals surface area contributed by atoms with Crippen LogP contribution < -0.4 is 14.4 Å². The van der Waals surface area contributed by atoms with E-state index in [0.29, 0.717) is 18.6 Å². The van der Waals surface area contributed by atoms with Gasteiger partial charge in [0.25, 0.3) is 10.0 Å². The summed E-state index contributed by atoms with van der Waals surface area (Å²) >= 11 is 0. The van der Waals surface area contributed by atoms with Crippen LogP contribution in [0.25, 0.3) is 0 Å².